The van der Waals surface area contributed by atoms with Crippen molar-refractivity contribution in [2.75, 3.05) is 26.8 Å². The Morgan fingerprint density at radius 2 is 1.77 bits per heavy atom. The van der Waals surface area contributed by atoms with E-state index < -0.39 is 5.97 Å². The fourth-order valence-electron chi connectivity index (χ4n) is 7.73. The number of aromatic nitrogens is 3. The van der Waals surface area contributed by atoms with Crippen LogP contribution in [-0.2, 0) is 28.8 Å². The van der Waals surface area contributed by atoms with E-state index in [0.717, 1.165) is 75.7 Å². The quantitative estimate of drug-likeness (QED) is 0.174. The fourth-order valence-corrected chi connectivity index (χ4v) is 7.73. The number of methoxy groups -OCH3 is 1. The monoisotopic (exact) mass is 632 g/mol. The number of nitrogens with zero attached hydrogens (tertiary/aromatic N) is 4. The molecule has 1 saturated carbocycles. The van der Waals surface area contributed by atoms with Gasteiger partial charge in [-0.2, -0.15) is 9.78 Å². The number of rotatable bonds is 10. The molecule has 0 spiro atoms. The highest BCUT2D eigenvalue weighted by molar-refractivity contribution is 5.92. The average Bonchev–Trinajstić information content (AvgIpc) is 3.74. The second-order valence-corrected chi connectivity index (χ2v) is 13.2. The first-order chi connectivity index (χ1) is 23.0. The SMILES string of the molecule is CCOC(=O)c1cnn(-c2cccc(-c3cccc4c3[C@@H](Cc3ccc(C5CCN(C(=O)C6CC6)CC5)c(CC)c3)CC4)n2)c1OC. The summed E-state index contributed by atoms with van der Waals surface area (Å²) in [6.07, 6.45) is 9.92. The van der Waals surface area contributed by atoms with Crippen LogP contribution in [-0.4, -0.2) is 58.3 Å². The molecule has 1 atom stereocenters. The number of benzene rings is 2. The topological polar surface area (TPSA) is 86.6 Å². The lowest BCUT2D eigenvalue weighted by Crippen LogP contribution is -2.38. The van der Waals surface area contributed by atoms with Gasteiger partial charge in [0.05, 0.1) is 25.6 Å². The van der Waals surface area contributed by atoms with Crippen molar-refractivity contribution in [1.29, 1.82) is 0 Å². The second kappa shape index (κ2) is 13.3. The van der Waals surface area contributed by atoms with Crippen molar-refractivity contribution < 1.29 is 19.1 Å². The van der Waals surface area contributed by atoms with E-state index in [1.165, 1.54) is 41.1 Å². The lowest BCUT2D eigenvalue weighted by atomic mass is 9.83. The number of carbonyl (C=O) groups is 2. The first kappa shape index (κ1) is 31.2. The Balaban J connectivity index is 1.12. The largest absolute Gasteiger partial charge is 0.480 e. The summed E-state index contributed by atoms with van der Waals surface area (Å²) in [4.78, 5) is 32.2. The van der Waals surface area contributed by atoms with Crippen LogP contribution in [0.15, 0.2) is 60.8 Å². The summed E-state index contributed by atoms with van der Waals surface area (Å²) in [7, 11) is 1.52. The maximum atomic E-state index is 12.6. The minimum Gasteiger partial charge on any atom is -0.480 e. The number of esters is 1. The molecule has 1 saturated heterocycles. The van der Waals surface area contributed by atoms with Crippen molar-refractivity contribution in [2.45, 2.75) is 77.0 Å². The lowest BCUT2D eigenvalue weighted by molar-refractivity contribution is -0.133. The Morgan fingerprint density at radius 3 is 2.51 bits per heavy atom. The number of hydrogen-bond acceptors (Lipinski definition) is 6. The van der Waals surface area contributed by atoms with Crippen molar-refractivity contribution in [1.82, 2.24) is 19.7 Å². The Kier molecular flexibility index (Phi) is 8.84. The molecule has 1 aliphatic heterocycles. The molecule has 1 amide bonds. The number of carbonyl (C=O) groups excluding carboxylic acids is 2. The number of hydrogen-bond donors (Lipinski definition) is 0. The zero-order chi connectivity index (χ0) is 32.5. The summed E-state index contributed by atoms with van der Waals surface area (Å²) in [6.45, 7) is 6.09. The highest BCUT2D eigenvalue weighted by Crippen LogP contribution is 2.42. The van der Waals surface area contributed by atoms with E-state index >= 15 is 0 Å². The highest BCUT2D eigenvalue weighted by atomic mass is 16.5. The van der Waals surface area contributed by atoms with Crippen LogP contribution in [0.3, 0.4) is 0 Å². The molecule has 2 fully saturated rings. The minimum absolute atomic E-state index is 0.272. The van der Waals surface area contributed by atoms with Crippen LogP contribution in [0.25, 0.3) is 17.1 Å². The Labute approximate surface area is 277 Å². The number of amides is 1. The molecular formula is C39H44N4O4. The number of fused-ring (bicyclic) bond motifs is 1. The Hall–Kier alpha value is -4.46. The normalized spacial score (nSPS) is 17.9. The maximum Gasteiger partial charge on any atom is 0.345 e. The number of ether oxygens (including phenoxy) is 2. The number of aryl methyl sites for hydroxylation is 2. The molecule has 47 heavy (non-hydrogen) atoms. The molecular weight excluding hydrogens is 588 g/mol. The van der Waals surface area contributed by atoms with E-state index in [2.05, 4.69) is 53.3 Å². The summed E-state index contributed by atoms with van der Waals surface area (Å²) in [5, 5.41) is 4.43. The van der Waals surface area contributed by atoms with Crippen LogP contribution >= 0.6 is 0 Å². The van der Waals surface area contributed by atoms with Gasteiger partial charge in [0.15, 0.2) is 5.82 Å². The first-order valence-corrected chi connectivity index (χ1v) is 17.3. The number of piperidine rings is 1. The smallest absolute Gasteiger partial charge is 0.345 e. The zero-order valence-electron chi connectivity index (χ0n) is 27.7. The third kappa shape index (κ3) is 6.18. The van der Waals surface area contributed by atoms with Gasteiger partial charge in [-0.3, -0.25) is 4.79 Å². The van der Waals surface area contributed by atoms with Crippen molar-refractivity contribution in [2.24, 2.45) is 5.92 Å². The number of pyridine rings is 1. The van der Waals surface area contributed by atoms with E-state index in [1.54, 1.807) is 11.6 Å². The van der Waals surface area contributed by atoms with Crippen LogP contribution in [0.5, 0.6) is 5.88 Å². The molecule has 2 aromatic carbocycles. The maximum absolute atomic E-state index is 12.6. The first-order valence-electron chi connectivity index (χ1n) is 17.3. The molecule has 0 N–H and O–H groups in total. The Bertz CT molecular complexity index is 1780. The molecule has 244 valence electrons. The van der Waals surface area contributed by atoms with Gasteiger partial charge < -0.3 is 14.4 Å². The summed E-state index contributed by atoms with van der Waals surface area (Å²) < 4.78 is 12.3. The van der Waals surface area contributed by atoms with Gasteiger partial charge in [-0.15, -0.1) is 0 Å². The molecule has 3 aliphatic rings. The molecule has 8 nitrogen and oxygen atoms in total. The van der Waals surface area contributed by atoms with Crippen molar-refractivity contribution in [3.63, 3.8) is 0 Å². The van der Waals surface area contributed by atoms with Crippen LogP contribution in [0.4, 0.5) is 0 Å². The van der Waals surface area contributed by atoms with Crippen LogP contribution in [0.1, 0.15) is 96.0 Å². The van der Waals surface area contributed by atoms with Gasteiger partial charge in [0.1, 0.15) is 5.56 Å². The molecule has 7 rings (SSSR count). The van der Waals surface area contributed by atoms with Gasteiger partial charge in [-0.05, 0) is 110 Å². The van der Waals surface area contributed by atoms with Crippen LogP contribution in [0.2, 0.25) is 0 Å². The third-order valence-electron chi connectivity index (χ3n) is 10.3. The second-order valence-electron chi connectivity index (χ2n) is 13.2. The molecule has 4 aromatic rings. The van der Waals surface area contributed by atoms with Gasteiger partial charge in [-0.25, -0.2) is 9.78 Å². The minimum atomic E-state index is -0.472. The van der Waals surface area contributed by atoms with Gasteiger partial charge in [0, 0.05) is 24.6 Å². The van der Waals surface area contributed by atoms with Gasteiger partial charge in [0.2, 0.25) is 11.8 Å². The van der Waals surface area contributed by atoms with Gasteiger partial charge >= 0.3 is 5.97 Å². The van der Waals surface area contributed by atoms with E-state index in [1.807, 2.05) is 18.2 Å². The van der Waals surface area contributed by atoms with E-state index in [-0.39, 0.29) is 12.2 Å². The van der Waals surface area contributed by atoms with Crippen molar-refractivity contribution in [3.05, 3.63) is 94.2 Å². The van der Waals surface area contributed by atoms with E-state index in [4.69, 9.17) is 14.5 Å². The predicted molar refractivity (Wildman–Crippen MR) is 181 cm³/mol. The molecule has 0 radical (unpaired) electrons. The Morgan fingerprint density at radius 1 is 0.957 bits per heavy atom. The van der Waals surface area contributed by atoms with Gasteiger partial charge in [0.25, 0.3) is 0 Å². The third-order valence-corrected chi connectivity index (χ3v) is 10.3. The number of likely N-dealkylation sites (tertiary alicyclic amines) is 1. The summed E-state index contributed by atoms with van der Waals surface area (Å²) in [6, 6.07) is 19.6. The molecule has 2 aliphatic carbocycles. The zero-order valence-corrected chi connectivity index (χ0v) is 27.7. The van der Waals surface area contributed by atoms with Gasteiger partial charge in [-0.1, -0.05) is 49.4 Å². The summed E-state index contributed by atoms with van der Waals surface area (Å²) in [5.41, 5.74) is 9.37. The standard InChI is InChI=1S/C39H44N4O4/c1-4-26-22-25(12-17-31(26)27-18-20-42(21-19-27)37(44)29-14-15-29)23-30-16-13-28-8-6-9-32(36(28)30)34-10-7-11-35(41-34)43-38(46-3)33(24-40-43)39(45)47-5-2/h6-12,17,22,24,27,29-30H,4-5,13-16,18-21,23H2,1-3H3/t30-/m1/s1. The van der Waals surface area contributed by atoms with E-state index in [0.29, 0.717) is 35.4 Å². The molecule has 8 heteroatoms. The molecule has 3 heterocycles. The lowest BCUT2D eigenvalue weighted by Gasteiger charge is -2.33. The summed E-state index contributed by atoms with van der Waals surface area (Å²) in [5.74, 6) is 2.03. The van der Waals surface area contributed by atoms with Crippen molar-refractivity contribution in [3.8, 4) is 23.0 Å². The fraction of sp³-hybridized carbons (Fsp3) is 0.436. The van der Waals surface area contributed by atoms with Crippen molar-refractivity contribution >= 4 is 11.9 Å². The van der Waals surface area contributed by atoms with Crippen LogP contribution < -0.4 is 4.74 Å². The molecule has 0 bridgehead atoms. The van der Waals surface area contributed by atoms with E-state index in [9.17, 15) is 9.59 Å². The van der Waals surface area contributed by atoms with Crippen LogP contribution in [0, 0.1) is 5.92 Å². The predicted octanol–water partition coefficient (Wildman–Crippen LogP) is 7.07. The average molecular weight is 633 g/mol. The molecule has 0 unspecified atom stereocenters. The summed E-state index contributed by atoms with van der Waals surface area (Å²) >= 11 is 0. The highest BCUT2D eigenvalue weighted by Gasteiger charge is 2.35. The molecule has 2 aromatic heterocycles.